The number of halogens is 3. The van der Waals surface area contributed by atoms with Gasteiger partial charge >= 0.3 is 0 Å². The number of nitrogens with one attached hydrogen (secondary N) is 1. The first-order valence-corrected chi connectivity index (χ1v) is 9.35. The van der Waals surface area contributed by atoms with Crippen molar-refractivity contribution in [1.82, 2.24) is 14.8 Å². The third-order valence-electron chi connectivity index (χ3n) is 4.01. The van der Waals surface area contributed by atoms with Crippen LogP contribution in [0.1, 0.15) is 28.9 Å². The number of anilines is 1. The summed E-state index contributed by atoms with van der Waals surface area (Å²) in [6, 6.07) is 7.16. The Bertz CT molecular complexity index is 981. The van der Waals surface area contributed by atoms with Gasteiger partial charge in [-0.1, -0.05) is 11.6 Å². The number of hydrogen-bond donors (Lipinski definition) is 1. The highest BCUT2D eigenvalue weighted by Gasteiger charge is 2.11. The molecule has 0 radical (unpaired) electrons. The fraction of sp³-hybridized carbons (Fsp3) is 0.250. The maximum atomic E-state index is 13.1. The molecular formula is C20H19ClF2N4O2. The molecule has 1 aromatic carbocycles. The molecule has 0 spiro atoms. The quantitative estimate of drug-likeness (QED) is 0.511. The molecule has 6 nitrogen and oxygen atoms in total. The number of amides is 1. The van der Waals surface area contributed by atoms with Crippen LogP contribution in [0.3, 0.4) is 0 Å². The fourth-order valence-electron chi connectivity index (χ4n) is 2.56. The third kappa shape index (κ3) is 5.99. The molecule has 0 fully saturated rings. The maximum Gasteiger partial charge on any atom is 0.274 e. The van der Waals surface area contributed by atoms with E-state index in [2.05, 4.69) is 15.4 Å². The van der Waals surface area contributed by atoms with Crippen LogP contribution in [0.15, 0.2) is 48.9 Å². The van der Waals surface area contributed by atoms with Gasteiger partial charge in [0.2, 0.25) is 0 Å². The lowest BCUT2D eigenvalue weighted by Crippen LogP contribution is -2.14. The van der Waals surface area contributed by atoms with Crippen molar-refractivity contribution >= 4 is 23.2 Å². The van der Waals surface area contributed by atoms with E-state index in [9.17, 15) is 13.6 Å². The molecule has 9 heteroatoms. The normalized spacial score (nSPS) is 10.7. The van der Waals surface area contributed by atoms with Crippen molar-refractivity contribution in [3.63, 3.8) is 0 Å². The van der Waals surface area contributed by atoms with E-state index in [0.29, 0.717) is 36.4 Å². The summed E-state index contributed by atoms with van der Waals surface area (Å²) in [5.41, 5.74) is 1.44. The average molecular weight is 421 g/mol. The summed E-state index contributed by atoms with van der Waals surface area (Å²) in [5.74, 6) is -0.498. The second-order valence-electron chi connectivity index (χ2n) is 6.26. The Morgan fingerprint density at radius 2 is 2.10 bits per heavy atom. The van der Waals surface area contributed by atoms with Gasteiger partial charge < -0.3 is 10.1 Å². The van der Waals surface area contributed by atoms with Crippen molar-refractivity contribution in [1.29, 1.82) is 0 Å². The summed E-state index contributed by atoms with van der Waals surface area (Å²) in [6.45, 7) is 0.363. The number of pyridine rings is 1. The molecular weight excluding hydrogens is 402 g/mol. The first kappa shape index (κ1) is 20.7. The van der Waals surface area contributed by atoms with E-state index in [1.807, 2.05) is 0 Å². The fourth-order valence-corrected chi connectivity index (χ4v) is 2.78. The molecule has 0 atom stereocenters. The Morgan fingerprint density at radius 3 is 2.90 bits per heavy atom. The van der Waals surface area contributed by atoms with Crippen LogP contribution < -0.4 is 10.1 Å². The standard InChI is InChI=1S/C20H19ClF2N4O2/c21-17-10-15(23)3-4-19(17)29-13-14-5-7-24-18(9-14)20(28)26-16-11-25-27(12-16)8-2-1-6-22/h3-5,7,9-12H,1-2,6,8,13H2,(H,26,28). The summed E-state index contributed by atoms with van der Waals surface area (Å²) < 4.78 is 32.5. The second kappa shape index (κ2) is 9.97. The highest BCUT2D eigenvalue weighted by atomic mass is 35.5. The van der Waals surface area contributed by atoms with Crippen molar-refractivity contribution in [3.8, 4) is 5.75 Å². The zero-order valence-electron chi connectivity index (χ0n) is 15.4. The maximum absolute atomic E-state index is 13.1. The van der Waals surface area contributed by atoms with Crippen LogP contribution in [0, 0.1) is 5.82 Å². The van der Waals surface area contributed by atoms with E-state index < -0.39 is 11.7 Å². The lowest BCUT2D eigenvalue weighted by Gasteiger charge is -2.09. The largest absolute Gasteiger partial charge is 0.487 e. The van der Waals surface area contributed by atoms with Crippen LogP contribution >= 0.6 is 11.6 Å². The van der Waals surface area contributed by atoms with E-state index >= 15 is 0 Å². The second-order valence-corrected chi connectivity index (χ2v) is 6.66. The van der Waals surface area contributed by atoms with Crippen LogP contribution in [0.4, 0.5) is 14.5 Å². The van der Waals surface area contributed by atoms with Crippen molar-refractivity contribution in [3.05, 3.63) is 71.0 Å². The number of alkyl halides is 1. The van der Waals surface area contributed by atoms with Gasteiger partial charge in [-0.2, -0.15) is 5.10 Å². The smallest absolute Gasteiger partial charge is 0.274 e. The monoisotopic (exact) mass is 420 g/mol. The molecule has 1 amide bonds. The molecule has 0 aliphatic heterocycles. The molecule has 2 heterocycles. The molecule has 0 unspecified atom stereocenters. The minimum absolute atomic E-state index is 0.140. The highest BCUT2D eigenvalue weighted by molar-refractivity contribution is 6.32. The summed E-state index contributed by atoms with van der Waals surface area (Å²) >= 11 is 5.94. The number of unbranched alkanes of at least 4 members (excludes halogenated alkanes) is 1. The highest BCUT2D eigenvalue weighted by Crippen LogP contribution is 2.25. The Labute approximate surface area is 171 Å². The van der Waals surface area contributed by atoms with Gasteiger partial charge in [-0.3, -0.25) is 18.9 Å². The summed E-state index contributed by atoms with van der Waals surface area (Å²) in [4.78, 5) is 16.5. The Kier molecular flexibility index (Phi) is 7.13. The van der Waals surface area contributed by atoms with Crippen LogP contribution in [-0.4, -0.2) is 27.3 Å². The first-order valence-electron chi connectivity index (χ1n) is 8.97. The lowest BCUT2D eigenvalue weighted by atomic mass is 10.2. The molecule has 3 rings (SSSR count). The number of nitrogens with zero attached hydrogens (tertiary/aromatic N) is 3. The number of carbonyl (C=O) groups is 1. The molecule has 1 N–H and O–H groups in total. The molecule has 0 saturated carbocycles. The van der Waals surface area contributed by atoms with Gasteiger partial charge in [0.25, 0.3) is 5.91 Å². The van der Waals surface area contributed by atoms with E-state index in [1.165, 1.54) is 30.6 Å². The SMILES string of the molecule is O=C(Nc1cnn(CCCCF)c1)c1cc(COc2ccc(F)cc2Cl)ccn1. The van der Waals surface area contributed by atoms with Crippen molar-refractivity contribution in [2.45, 2.75) is 26.0 Å². The molecule has 2 aromatic heterocycles. The van der Waals surface area contributed by atoms with Crippen molar-refractivity contribution in [2.75, 3.05) is 12.0 Å². The minimum Gasteiger partial charge on any atom is -0.487 e. The number of rotatable bonds is 9. The molecule has 152 valence electrons. The van der Waals surface area contributed by atoms with Crippen LogP contribution in [-0.2, 0) is 13.2 Å². The number of aryl methyl sites for hydroxylation is 1. The van der Waals surface area contributed by atoms with Crippen molar-refractivity contribution in [2.24, 2.45) is 0 Å². The molecule has 0 saturated heterocycles. The van der Waals surface area contributed by atoms with Crippen LogP contribution in [0.25, 0.3) is 0 Å². The van der Waals surface area contributed by atoms with Gasteiger partial charge in [0.15, 0.2) is 0 Å². The summed E-state index contributed by atoms with van der Waals surface area (Å²) in [5, 5.41) is 7.02. The predicted molar refractivity (Wildman–Crippen MR) is 105 cm³/mol. The lowest BCUT2D eigenvalue weighted by molar-refractivity contribution is 0.102. The van der Waals surface area contributed by atoms with Crippen LogP contribution in [0.2, 0.25) is 5.02 Å². The molecule has 3 aromatic rings. The molecule has 0 aliphatic rings. The summed E-state index contributed by atoms with van der Waals surface area (Å²) in [7, 11) is 0. The molecule has 29 heavy (non-hydrogen) atoms. The Hall–Kier alpha value is -3.00. The number of aromatic nitrogens is 3. The minimum atomic E-state index is -0.448. The summed E-state index contributed by atoms with van der Waals surface area (Å²) in [6.07, 6.45) is 5.85. The number of benzene rings is 1. The third-order valence-corrected chi connectivity index (χ3v) is 4.30. The Balaban J connectivity index is 1.59. The van der Waals surface area contributed by atoms with Gasteiger partial charge in [-0.05, 0) is 48.7 Å². The van der Waals surface area contributed by atoms with Gasteiger partial charge in [-0.15, -0.1) is 0 Å². The van der Waals surface area contributed by atoms with E-state index in [0.717, 1.165) is 0 Å². The van der Waals surface area contributed by atoms with Crippen molar-refractivity contribution < 1.29 is 18.3 Å². The molecule has 0 aliphatic carbocycles. The van der Waals surface area contributed by atoms with Gasteiger partial charge in [0.05, 0.1) is 23.6 Å². The van der Waals surface area contributed by atoms with E-state index in [-0.39, 0.29) is 24.0 Å². The zero-order chi connectivity index (χ0) is 20.6. The average Bonchev–Trinajstić information content (AvgIpc) is 3.15. The topological polar surface area (TPSA) is 69.0 Å². The zero-order valence-corrected chi connectivity index (χ0v) is 16.2. The predicted octanol–water partition coefficient (Wildman–Crippen LogP) is 4.65. The first-order chi connectivity index (χ1) is 14.0. The van der Waals surface area contributed by atoms with Gasteiger partial charge in [0.1, 0.15) is 23.9 Å². The van der Waals surface area contributed by atoms with E-state index in [1.54, 1.807) is 23.0 Å². The van der Waals surface area contributed by atoms with E-state index in [4.69, 9.17) is 16.3 Å². The number of carbonyl (C=O) groups excluding carboxylic acids is 1. The van der Waals surface area contributed by atoms with Gasteiger partial charge in [-0.25, -0.2) is 4.39 Å². The number of ether oxygens (including phenoxy) is 1. The van der Waals surface area contributed by atoms with Gasteiger partial charge in [0, 0.05) is 18.9 Å². The number of hydrogen-bond acceptors (Lipinski definition) is 4. The van der Waals surface area contributed by atoms with Crippen LogP contribution in [0.5, 0.6) is 5.75 Å². The molecule has 0 bridgehead atoms. The Morgan fingerprint density at radius 1 is 1.24 bits per heavy atom.